The van der Waals surface area contributed by atoms with Crippen LogP contribution in [0.5, 0.6) is 0 Å². The molecule has 0 bridgehead atoms. The van der Waals surface area contributed by atoms with Crippen LogP contribution in [0.25, 0.3) is 21.9 Å². The Morgan fingerprint density at radius 2 is 1.62 bits per heavy atom. The fourth-order valence-electron chi connectivity index (χ4n) is 2.45. The van der Waals surface area contributed by atoms with Gasteiger partial charge in [-0.2, -0.15) is 0 Å². The second kappa shape index (κ2) is 5.17. The SMILES string of the molecule is CC(C)n1[c]c(-c2ccc(F)cc2)c2ccccc2c1=O. The first-order chi connectivity index (χ1) is 10.1. The molecule has 0 N–H and O–H groups in total. The predicted octanol–water partition coefficient (Wildman–Crippen LogP) is 4.19. The average Bonchev–Trinajstić information content (AvgIpc) is 2.49. The van der Waals surface area contributed by atoms with Crippen LogP contribution in [0.15, 0.2) is 53.3 Å². The summed E-state index contributed by atoms with van der Waals surface area (Å²) >= 11 is 0. The Morgan fingerprint density at radius 3 is 2.24 bits per heavy atom. The van der Waals surface area contributed by atoms with Gasteiger partial charge in [-0.05, 0) is 43.0 Å². The van der Waals surface area contributed by atoms with Gasteiger partial charge in [-0.1, -0.05) is 30.3 Å². The zero-order valence-electron chi connectivity index (χ0n) is 11.9. The molecule has 21 heavy (non-hydrogen) atoms. The van der Waals surface area contributed by atoms with Crippen LogP contribution in [0.3, 0.4) is 0 Å². The molecule has 3 aromatic rings. The van der Waals surface area contributed by atoms with Crippen LogP contribution in [0, 0.1) is 12.0 Å². The molecule has 105 valence electrons. The van der Waals surface area contributed by atoms with E-state index in [1.54, 1.807) is 16.7 Å². The van der Waals surface area contributed by atoms with Crippen LogP contribution < -0.4 is 5.56 Å². The Balaban J connectivity index is 2.38. The van der Waals surface area contributed by atoms with Gasteiger partial charge in [-0.15, -0.1) is 0 Å². The summed E-state index contributed by atoms with van der Waals surface area (Å²) in [5.41, 5.74) is 1.62. The van der Waals surface area contributed by atoms with Gasteiger partial charge in [-0.25, -0.2) is 4.39 Å². The van der Waals surface area contributed by atoms with E-state index in [-0.39, 0.29) is 17.4 Å². The number of aromatic nitrogens is 1. The van der Waals surface area contributed by atoms with Crippen molar-refractivity contribution in [3.05, 3.63) is 70.9 Å². The molecule has 0 spiro atoms. The van der Waals surface area contributed by atoms with Gasteiger partial charge in [0.2, 0.25) is 0 Å². The van der Waals surface area contributed by atoms with Crippen molar-refractivity contribution in [3.63, 3.8) is 0 Å². The second-order valence-electron chi connectivity index (χ2n) is 5.31. The van der Waals surface area contributed by atoms with Crippen molar-refractivity contribution < 1.29 is 4.39 Å². The smallest absolute Gasteiger partial charge is 0.259 e. The second-order valence-corrected chi connectivity index (χ2v) is 5.31. The first kappa shape index (κ1) is 13.6. The summed E-state index contributed by atoms with van der Waals surface area (Å²) in [5.74, 6) is -0.278. The number of fused-ring (bicyclic) bond motifs is 1. The lowest BCUT2D eigenvalue weighted by Gasteiger charge is -2.14. The molecule has 0 amide bonds. The maximum Gasteiger partial charge on any atom is 0.259 e. The summed E-state index contributed by atoms with van der Waals surface area (Å²) in [4.78, 5) is 12.5. The summed E-state index contributed by atoms with van der Waals surface area (Å²) in [6, 6.07) is 13.7. The monoisotopic (exact) mass is 280 g/mol. The Labute approximate surface area is 122 Å². The van der Waals surface area contributed by atoms with Gasteiger partial charge in [0.25, 0.3) is 5.56 Å². The van der Waals surface area contributed by atoms with E-state index in [4.69, 9.17) is 0 Å². The van der Waals surface area contributed by atoms with E-state index >= 15 is 0 Å². The molecule has 1 heterocycles. The molecule has 0 aliphatic carbocycles. The third kappa shape index (κ3) is 2.35. The number of rotatable bonds is 2. The van der Waals surface area contributed by atoms with Crippen molar-refractivity contribution in [1.29, 1.82) is 0 Å². The molecule has 2 aromatic carbocycles. The summed E-state index contributed by atoms with van der Waals surface area (Å²) in [6.45, 7) is 3.89. The third-order valence-corrected chi connectivity index (χ3v) is 3.53. The number of benzene rings is 2. The third-order valence-electron chi connectivity index (χ3n) is 3.53. The Bertz CT molecular complexity index is 847. The minimum absolute atomic E-state index is 0.0151. The van der Waals surface area contributed by atoms with Crippen molar-refractivity contribution in [2.45, 2.75) is 19.9 Å². The summed E-state index contributed by atoms with van der Waals surface area (Å²) < 4.78 is 14.7. The molecule has 2 nitrogen and oxygen atoms in total. The summed E-state index contributed by atoms with van der Waals surface area (Å²) in [5, 5.41) is 1.50. The lowest BCUT2D eigenvalue weighted by molar-refractivity contribution is 0.579. The van der Waals surface area contributed by atoms with E-state index in [1.807, 2.05) is 38.1 Å². The van der Waals surface area contributed by atoms with Crippen molar-refractivity contribution >= 4 is 10.8 Å². The average molecular weight is 280 g/mol. The molecule has 0 saturated heterocycles. The predicted molar refractivity (Wildman–Crippen MR) is 82.8 cm³/mol. The minimum Gasteiger partial charge on any atom is -0.303 e. The van der Waals surface area contributed by atoms with Crippen LogP contribution in [0.2, 0.25) is 0 Å². The topological polar surface area (TPSA) is 22.0 Å². The molecule has 0 unspecified atom stereocenters. The van der Waals surface area contributed by atoms with Crippen LogP contribution in [0.1, 0.15) is 19.9 Å². The van der Waals surface area contributed by atoms with Crippen LogP contribution in [-0.4, -0.2) is 4.57 Å². The highest BCUT2D eigenvalue weighted by Crippen LogP contribution is 2.27. The molecule has 3 rings (SSSR count). The molecule has 0 fully saturated rings. The first-order valence-electron chi connectivity index (χ1n) is 6.90. The molecular formula is C18H15FNO. The van der Waals surface area contributed by atoms with E-state index in [9.17, 15) is 9.18 Å². The maximum absolute atomic E-state index is 13.1. The summed E-state index contributed by atoms with van der Waals surface area (Å²) in [6.07, 6.45) is 3.17. The van der Waals surface area contributed by atoms with E-state index in [2.05, 4.69) is 6.20 Å². The van der Waals surface area contributed by atoms with Gasteiger partial charge in [0.1, 0.15) is 5.82 Å². The number of hydrogen-bond acceptors (Lipinski definition) is 1. The Hall–Kier alpha value is -2.42. The van der Waals surface area contributed by atoms with Crippen LogP contribution in [0.4, 0.5) is 4.39 Å². The molecule has 0 saturated carbocycles. The molecule has 0 atom stereocenters. The lowest BCUT2D eigenvalue weighted by atomic mass is 10.0. The Morgan fingerprint density at radius 1 is 1.00 bits per heavy atom. The fourth-order valence-corrected chi connectivity index (χ4v) is 2.45. The fraction of sp³-hybridized carbons (Fsp3) is 0.167. The maximum atomic E-state index is 13.1. The highest BCUT2D eigenvalue weighted by Gasteiger charge is 2.12. The van der Waals surface area contributed by atoms with E-state index < -0.39 is 0 Å². The molecule has 0 aliphatic rings. The zero-order valence-corrected chi connectivity index (χ0v) is 11.9. The molecular weight excluding hydrogens is 265 g/mol. The zero-order chi connectivity index (χ0) is 15.0. The van der Waals surface area contributed by atoms with E-state index in [1.165, 1.54) is 12.1 Å². The molecule has 1 aromatic heterocycles. The standard InChI is InChI=1S/C18H15FNO/c1-12(2)20-11-17(13-7-9-14(19)10-8-13)15-5-3-4-6-16(15)18(20)21/h3-10,12H,1-2H3. The van der Waals surface area contributed by atoms with Crippen molar-refractivity contribution in [1.82, 2.24) is 4.57 Å². The molecule has 3 heteroatoms. The van der Waals surface area contributed by atoms with Gasteiger partial charge in [-0.3, -0.25) is 4.79 Å². The number of halogens is 1. The Kier molecular flexibility index (Phi) is 3.34. The quantitative estimate of drug-likeness (QED) is 0.690. The van der Waals surface area contributed by atoms with Gasteiger partial charge in [0.05, 0.1) is 6.20 Å². The number of nitrogens with zero attached hydrogens (tertiary/aromatic N) is 1. The largest absolute Gasteiger partial charge is 0.303 e. The highest BCUT2D eigenvalue weighted by molar-refractivity contribution is 5.95. The van der Waals surface area contributed by atoms with Gasteiger partial charge >= 0.3 is 0 Å². The lowest BCUT2D eigenvalue weighted by Crippen LogP contribution is -2.22. The number of hydrogen-bond donors (Lipinski definition) is 0. The first-order valence-corrected chi connectivity index (χ1v) is 6.90. The van der Waals surface area contributed by atoms with Crippen molar-refractivity contribution in [2.24, 2.45) is 0 Å². The van der Waals surface area contributed by atoms with E-state index in [0.717, 1.165) is 16.5 Å². The normalized spacial score (nSPS) is 11.2. The van der Waals surface area contributed by atoms with E-state index in [0.29, 0.717) is 5.39 Å². The van der Waals surface area contributed by atoms with Crippen LogP contribution >= 0.6 is 0 Å². The molecule has 0 aliphatic heterocycles. The molecule has 1 radical (unpaired) electrons. The van der Waals surface area contributed by atoms with Crippen molar-refractivity contribution in [2.75, 3.05) is 0 Å². The highest BCUT2D eigenvalue weighted by atomic mass is 19.1. The van der Waals surface area contributed by atoms with Gasteiger partial charge < -0.3 is 4.57 Å². The van der Waals surface area contributed by atoms with Gasteiger partial charge in [0, 0.05) is 17.0 Å². The number of pyridine rings is 1. The van der Waals surface area contributed by atoms with Crippen molar-refractivity contribution in [3.8, 4) is 11.1 Å². The minimum atomic E-state index is -0.278. The van der Waals surface area contributed by atoms with Crippen LogP contribution in [-0.2, 0) is 0 Å². The van der Waals surface area contributed by atoms with Gasteiger partial charge in [0.15, 0.2) is 0 Å². The summed E-state index contributed by atoms with van der Waals surface area (Å²) in [7, 11) is 0.